The highest BCUT2D eigenvalue weighted by Crippen LogP contribution is 2.21. The summed E-state index contributed by atoms with van der Waals surface area (Å²) >= 11 is 0. The van der Waals surface area contributed by atoms with Gasteiger partial charge < -0.3 is 16.8 Å². The summed E-state index contributed by atoms with van der Waals surface area (Å²) in [6.07, 6.45) is 0. The lowest BCUT2D eigenvalue weighted by atomic mass is 9.85. The summed E-state index contributed by atoms with van der Waals surface area (Å²) in [6, 6.07) is 1.70. The van der Waals surface area contributed by atoms with E-state index in [-0.39, 0.29) is 5.95 Å². The topological polar surface area (TPSA) is 89.8 Å². The molecule has 0 aliphatic heterocycles. The Balaban J connectivity index is 2.65. The van der Waals surface area contributed by atoms with Crippen molar-refractivity contribution in [3.05, 3.63) is 6.07 Å². The smallest absolute Gasteiger partial charge is 0.223 e. The van der Waals surface area contributed by atoms with Gasteiger partial charge in [-0.2, -0.15) is 9.97 Å². The fourth-order valence-corrected chi connectivity index (χ4v) is 2.04. The van der Waals surface area contributed by atoms with Crippen molar-refractivity contribution >= 4 is 17.6 Å². The first-order chi connectivity index (χ1) is 7.90. The largest absolute Gasteiger partial charge is 0.383 e. The van der Waals surface area contributed by atoms with Crippen LogP contribution in [0.15, 0.2) is 6.07 Å². The maximum atomic E-state index is 5.61. The van der Waals surface area contributed by atoms with Crippen LogP contribution in [0.2, 0.25) is 0 Å². The molecule has 0 fully saturated rings. The third-order valence-corrected chi connectivity index (χ3v) is 2.99. The molecule has 0 spiro atoms. The molecule has 1 aromatic rings. The monoisotopic (exact) mass is 237 g/mol. The third-order valence-electron chi connectivity index (χ3n) is 2.99. The van der Waals surface area contributed by atoms with E-state index in [1.54, 1.807) is 6.07 Å². The molecule has 0 atom stereocenters. The van der Waals surface area contributed by atoms with Gasteiger partial charge in [0.15, 0.2) is 0 Å². The minimum absolute atomic E-state index is 0.207. The number of aromatic nitrogens is 2. The lowest BCUT2D eigenvalue weighted by Gasteiger charge is -2.25. The van der Waals surface area contributed by atoms with E-state index in [2.05, 4.69) is 43.0 Å². The summed E-state index contributed by atoms with van der Waals surface area (Å²) in [5.74, 6) is 3.13. The van der Waals surface area contributed by atoms with Gasteiger partial charge in [0.1, 0.15) is 11.6 Å². The van der Waals surface area contributed by atoms with Gasteiger partial charge in [0.05, 0.1) is 0 Å². The summed E-state index contributed by atoms with van der Waals surface area (Å²) in [7, 11) is 0. The van der Waals surface area contributed by atoms with Crippen molar-refractivity contribution in [2.24, 2.45) is 17.8 Å². The summed E-state index contributed by atoms with van der Waals surface area (Å²) in [6.45, 7) is 9.79. The van der Waals surface area contributed by atoms with E-state index >= 15 is 0 Å². The molecule has 0 amide bonds. The minimum Gasteiger partial charge on any atom is -0.383 e. The van der Waals surface area contributed by atoms with Crippen molar-refractivity contribution in [1.82, 2.24) is 9.97 Å². The third kappa shape index (κ3) is 4.09. The average Bonchev–Trinajstić information content (AvgIpc) is 2.14. The first-order valence-corrected chi connectivity index (χ1v) is 6.04. The molecule has 96 valence electrons. The Labute approximate surface area is 103 Å². The molecule has 0 aromatic carbocycles. The molecule has 1 aromatic heterocycles. The van der Waals surface area contributed by atoms with Crippen LogP contribution < -0.4 is 16.8 Å². The predicted molar refractivity (Wildman–Crippen MR) is 72.5 cm³/mol. The van der Waals surface area contributed by atoms with Gasteiger partial charge in [-0.1, -0.05) is 27.7 Å². The number of rotatable bonds is 5. The van der Waals surface area contributed by atoms with Crippen molar-refractivity contribution in [1.29, 1.82) is 0 Å². The molecule has 17 heavy (non-hydrogen) atoms. The Morgan fingerprint density at radius 2 is 1.71 bits per heavy atom. The molecule has 1 rings (SSSR count). The molecule has 0 saturated carbocycles. The summed E-state index contributed by atoms with van der Waals surface area (Å²) in [4.78, 5) is 7.94. The number of nitrogens with one attached hydrogen (secondary N) is 1. The number of nitrogens with two attached hydrogens (primary N) is 2. The van der Waals surface area contributed by atoms with Crippen LogP contribution in [0.3, 0.4) is 0 Å². The van der Waals surface area contributed by atoms with E-state index in [0.717, 1.165) is 6.54 Å². The second-order valence-corrected chi connectivity index (χ2v) is 5.07. The van der Waals surface area contributed by atoms with Crippen LogP contribution >= 0.6 is 0 Å². The summed E-state index contributed by atoms with van der Waals surface area (Å²) in [5.41, 5.74) is 11.2. The van der Waals surface area contributed by atoms with Crippen LogP contribution in [0.25, 0.3) is 0 Å². The highest BCUT2D eigenvalue weighted by Gasteiger charge is 2.17. The predicted octanol–water partition coefficient (Wildman–Crippen LogP) is 1.98. The lowest BCUT2D eigenvalue weighted by Crippen LogP contribution is -2.25. The Morgan fingerprint density at radius 3 is 2.18 bits per heavy atom. The molecule has 5 N–H and O–H groups in total. The first kappa shape index (κ1) is 13.5. The molecular weight excluding hydrogens is 214 g/mol. The van der Waals surface area contributed by atoms with Crippen molar-refractivity contribution < 1.29 is 0 Å². The van der Waals surface area contributed by atoms with Crippen molar-refractivity contribution in [3.8, 4) is 0 Å². The Hall–Kier alpha value is -1.52. The van der Waals surface area contributed by atoms with Crippen LogP contribution in [-0.2, 0) is 0 Å². The van der Waals surface area contributed by atoms with Gasteiger partial charge in [0, 0.05) is 12.6 Å². The SMILES string of the molecule is CC(C)C(CNc1cc(N)nc(N)n1)C(C)C. The molecule has 0 aliphatic rings. The number of hydrogen-bond acceptors (Lipinski definition) is 5. The molecule has 0 radical (unpaired) electrons. The fourth-order valence-electron chi connectivity index (χ4n) is 2.04. The zero-order valence-electron chi connectivity index (χ0n) is 11.1. The van der Waals surface area contributed by atoms with E-state index in [1.807, 2.05) is 0 Å². The lowest BCUT2D eigenvalue weighted by molar-refractivity contribution is 0.304. The van der Waals surface area contributed by atoms with Crippen molar-refractivity contribution in [3.63, 3.8) is 0 Å². The molecule has 1 heterocycles. The zero-order chi connectivity index (χ0) is 13.0. The standard InChI is InChI=1S/C12H23N5/c1-7(2)9(8(3)4)6-15-11-5-10(13)16-12(14)17-11/h5,7-9H,6H2,1-4H3,(H5,13,14,15,16,17). The van der Waals surface area contributed by atoms with Crippen molar-refractivity contribution in [2.45, 2.75) is 27.7 Å². The highest BCUT2D eigenvalue weighted by molar-refractivity contribution is 5.48. The van der Waals surface area contributed by atoms with E-state index in [9.17, 15) is 0 Å². The molecule has 5 heteroatoms. The Morgan fingerprint density at radius 1 is 1.12 bits per heavy atom. The molecule has 5 nitrogen and oxygen atoms in total. The van der Waals surface area contributed by atoms with Gasteiger partial charge in [-0.25, -0.2) is 0 Å². The average molecular weight is 237 g/mol. The van der Waals surface area contributed by atoms with Gasteiger partial charge in [0.2, 0.25) is 5.95 Å². The van der Waals surface area contributed by atoms with Crippen LogP contribution in [0, 0.1) is 17.8 Å². The number of hydrogen-bond donors (Lipinski definition) is 3. The van der Waals surface area contributed by atoms with Gasteiger partial charge in [0.25, 0.3) is 0 Å². The number of nitrogen functional groups attached to an aromatic ring is 2. The fraction of sp³-hybridized carbons (Fsp3) is 0.667. The summed E-state index contributed by atoms with van der Waals surface area (Å²) in [5, 5.41) is 3.28. The first-order valence-electron chi connectivity index (χ1n) is 6.04. The van der Waals surface area contributed by atoms with Crippen LogP contribution in [-0.4, -0.2) is 16.5 Å². The maximum Gasteiger partial charge on any atom is 0.223 e. The van der Waals surface area contributed by atoms with Crippen molar-refractivity contribution in [2.75, 3.05) is 23.3 Å². The Bertz CT molecular complexity index is 334. The van der Waals surface area contributed by atoms with Crippen LogP contribution in [0.1, 0.15) is 27.7 Å². The second-order valence-electron chi connectivity index (χ2n) is 5.07. The van der Waals surface area contributed by atoms with Gasteiger partial charge >= 0.3 is 0 Å². The van der Waals surface area contributed by atoms with E-state index < -0.39 is 0 Å². The van der Waals surface area contributed by atoms with Gasteiger partial charge in [-0.05, 0) is 17.8 Å². The van der Waals surface area contributed by atoms with Crippen LogP contribution in [0.5, 0.6) is 0 Å². The summed E-state index contributed by atoms with van der Waals surface area (Å²) < 4.78 is 0. The second kappa shape index (κ2) is 5.70. The Kier molecular flexibility index (Phi) is 4.54. The molecule has 0 aliphatic carbocycles. The molecule has 0 saturated heterocycles. The highest BCUT2D eigenvalue weighted by atomic mass is 15.1. The van der Waals surface area contributed by atoms with Gasteiger partial charge in [-0.3, -0.25) is 0 Å². The minimum atomic E-state index is 0.207. The van der Waals surface area contributed by atoms with E-state index in [0.29, 0.717) is 29.4 Å². The zero-order valence-corrected chi connectivity index (χ0v) is 11.1. The normalized spacial score (nSPS) is 11.5. The molecule has 0 bridgehead atoms. The van der Waals surface area contributed by atoms with E-state index in [4.69, 9.17) is 11.5 Å². The molecule has 0 unspecified atom stereocenters. The molecular formula is C12H23N5. The van der Waals surface area contributed by atoms with Crippen LogP contribution in [0.4, 0.5) is 17.6 Å². The van der Waals surface area contributed by atoms with Gasteiger partial charge in [-0.15, -0.1) is 0 Å². The number of nitrogens with zero attached hydrogens (tertiary/aromatic N) is 2. The maximum absolute atomic E-state index is 5.61. The number of anilines is 3. The quantitative estimate of drug-likeness (QED) is 0.728. The van der Waals surface area contributed by atoms with E-state index in [1.165, 1.54) is 0 Å².